The van der Waals surface area contributed by atoms with E-state index >= 15 is 0 Å². The summed E-state index contributed by atoms with van der Waals surface area (Å²) >= 11 is 1.62. The predicted molar refractivity (Wildman–Crippen MR) is 64.4 cm³/mol. The van der Waals surface area contributed by atoms with Crippen LogP contribution < -0.4 is 5.73 Å². The van der Waals surface area contributed by atoms with Gasteiger partial charge in [0.15, 0.2) is 0 Å². The molecule has 0 saturated carbocycles. The topological polar surface area (TPSA) is 93.3 Å². The number of hydrogen-bond acceptors (Lipinski definition) is 4. The third-order valence-electron chi connectivity index (χ3n) is 1.71. The summed E-state index contributed by atoms with van der Waals surface area (Å²) < 4.78 is 0. The standard InChI is InChI=1S/C9H7NS.C2H3NO3/c1-2-4-8(5-3-1)9-6-11-7-10-9;3-1(4)2(5)6/h1-7H;(H2,3,4)(H,5,6). The van der Waals surface area contributed by atoms with Gasteiger partial charge in [0.2, 0.25) is 0 Å². The van der Waals surface area contributed by atoms with Crippen LogP contribution in [0.1, 0.15) is 0 Å². The molecule has 1 amide bonds. The largest absolute Gasteiger partial charge is 0.474 e. The van der Waals surface area contributed by atoms with Gasteiger partial charge in [-0.2, -0.15) is 0 Å². The summed E-state index contributed by atoms with van der Waals surface area (Å²) in [6, 6.07) is 10.2. The summed E-state index contributed by atoms with van der Waals surface area (Å²) in [6.45, 7) is 0. The van der Waals surface area contributed by atoms with E-state index in [0.29, 0.717) is 0 Å². The summed E-state index contributed by atoms with van der Waals surface area (Å²) in [5, 5.41) is 9.57. The van der Waals surface area contributed by atoms with E-state index < -0.39 is 11.9 Å². The maximum Gasteiger partial charge on any atom is 0.394 e. The summed E-state index contributed by atoms with van der Waals surface area (Å²) in [7, 11) is 0. The molecule has 1 aromatic heterocycles. The molecule has 0 fully saturated rings. The number of carboxylic acid groups (broad SMARTS) is 1. The number of thiazole rings is 1. The molecule has 1 aromatic carbocycles. The number of aliphatic carboxylic acids is 1. The van der Waals surface area contributed by atoms with Crippen LogP contribution in [0.15, 0.2) is 41.2 Å². The molecular weight excluding hydrogens is 240 g/mol. The van der Waals surface area contributed by atoms with Crippen LogP contribution in [-0.2, 0) is 9.59 Å². The van der Waals surface area contributed by atoms with Crippen molar-refractivity contribution in [2.24, 2.45) is 5.73 Å². The van der Waals surface area contributed by atoms with Gasteiger partial charge in [-0.05, 0) is 0 Å². The molecule has 2 rings (SSSR count). The van der Waals surface area contributed by atoms with Crippen LogP contribution >= 0.6 is 11.3 Å². The maximum atomic E-state index is 9.32. The Kier molecular flexibility index (Phi) is 4.83. The zero-order valence-electron chi connectivity index (χ0n) is 8.74. The number of benzene rings is 1. The van der Waals surface area contributed by atoms with Gasteiger partial charge in [0.1, 0.15) is 0 Å². The van der Waals surface area contributed by atoms with Gasteiger partial charge in [0.05, 0.1) is 11.2 Å². The summed E-state index contributed by atoms with van der Waals surface area (Å²) in [5.74, 6) is -2.93. The molecule has 3 N–H and O–H groups in total. The Morgan fingerprint density at radius 2 is 1.82 bits per heavy atom. The third kappa shape index (κ3) is 4.43. The zero-order chi connectivity index (χ0) is 12.7. The molecule has 6 heteroatoms. The first-order valence-corrected chi connectivity index (χ1v) is 5.52. The Balaban J connectivity index is 0.000000209. The van der Waals surface area contributed by atoms with Crippen LogP contribution in [0, 0.1) is 0 Å². The quantitative estimate of drug-likeness (QED) is 0.747. The van der Waals surface area contributed by atoms with Gasteiger partial charge in [-0.1, -0.05) is 30.3 Å². The molecule has 0 aliphatic heterocycles. The van der Waals surface area contributed by atoms with Crippen molar-refractivity contribution < 1.29 is 14.7 Å². The molecule has 88 valence electrons. The van der Waals surface area contributed by atoms with Crippen molar-refractivity contribution in [3.63, 3.8) is 0 Å². The van der Waals surface area contributed by atoms with Crippen LogP contribution in [0.3, 0.4) is 0 Å². The van der Waals surface area contributed by atoms with Gasteiger partial charge in [-0.3, -0.25) is 4.79 Å². The Morgan fingerprint density at radius 3 is 2.24 bits per heavy atom. The third-order valence-corrected chi connectivity index (χ3v) is 2.30. The Hall–Kier alpha value is -2.21. The molecule has 17 heavy (non-hydrogen) atoms. The van der Waals surface area contributed by atoms with E-state index in [0.717, 1.165) is 5.69 Å². The minimum absolute atomic E-state index is 1.07. The van der Waals surface area contributed by atoms with E-state index in [2.05, 4.69) is 28.2 Å². The minimum Gasteiger partial charge on any atom is -0.474 e. The van der Waals surface area contributed by atoms with Crippen LogP contribution in [0.2, 0.25) is 0 Å². The van der Waals surface area contributed by atoms with Crippen LogP contribution in [0.5, 0.6) is 0 Å². The molecule has 0 atom stereocenters. The lowest BCUT2D eigenvalue weighted by atomic mass is 10.2. The molecule has 0 saturated heterocycles. The van der Waals surface area contributed by atoms with Gasteiger partial charge in [0, 0.05) is 10.9 Å². The number of nitrogens with two attached hydrogens (primary N) is 1. The molecular formula is C11H10N2O3S. The summed E-state index contributed by atoms with van der Waals surface area (Å²) in [5.41, 5.74) is 8.30. The highest BCUT2D eigenvalue weighted by Crippen LogP contribution is 2.17. The van der Waals surface area contributed by atoms with Crippen molar-refractivity contribution in [1.82, 2.24) is 4.98 Å². The van der Waals surface area contributed by atoms with Crippen molar-refractivity contribution in [1.29, 1.82) is 0 Å². The highest BCUT2D eigenvalue weighted by atomic mass is 32.1. The number of nitrogens with zero attached hydrogens (tertiary/aromatic N) is 1. The number of hydrogen-bond donors (Lipinski definition) is 2. The van der Waals surface area contributed by atoms with Gasteiger partial charge in [0.25, 0.3) is 0 Å². The molecule has 0 spiro atoms. The number of aromatic nitrogens is 1. The number of amides is 1. The average molecular weight is 250 g/mol. The lowest BCUT2D eigenvalue weighted by Crippen LogP contribution is -2.21. The number of carboxylic acids is 1. The highest BCUT2D eigenvalue weighted by Gasteiger charge is 2.00. The molecule has 0 radical (unpaired) electrons. The normalized spacial score (nSPS) is 8.94. The van der Waals surface area contributed by atoms with Crippen molar-refractivity contribution in [3.05, 3.63) is 41.2 Å². The first-order chi connectivity index (χ1) is 8.11. The summed E-state index contributed by atoms with van der Waals surface area (Å²) in [4.78, 5) is 22.8. The monoisotopic (exact) mass is 250 g/mol. The van der Waals surface area contributed by atoms with Crippen LogP contribution in [-0.4, -0.2) is 22.0 Å². The number of rotatable bonds is 1. The molecule has 0 aliphatic rings. The van der Waals surface area contributed by atoms with Crippen molar-refractivity contribution >= 4 is 23.2 Å². The van der Waals surface area contributed by atoms with E-state index in [1.54, 1.807) is 11.3 Å². The van der Waals surface area contributed by atoms with Crippen molar-refractivity contribution in [2.45, 2.75) is 0 Å². The van der Waals surface area contributed by atoms with E-state index in [-0.39, 0.29) is 0 Å². The van der Waals surface area contributed by atoms with Gasteiger partial charge in [-0.15, -0.1) is 11.3 Å². The lowest BCUT2D eigenvalue weighted by Gasteiger charge is -1.92. The molecule has 0 unspecified atom stereocenters. The summed E-state index contributed by atoms with van der Waals surface area (Å²) in [6.07, 6.45) is 0. The molecule has 2 aromatic rings. The molecule has 5 nitrogen and oxygen atoms in total. The first-order valence-electron chi connectivity index (χ1n) is 4.57. The number of primary amides is 1. The molecule has 0 bridgehead atoms. The van der Waals surface area contributed by atoms with Crippen molar-refractivity contribution in [3.8, 4) is 11.3 Å². The lowest BCUT2D eigenvalue weighted by molar-refractivity contribution is -0.148. The number of carbonyl (C=O) groups excluding carboxylic acids is 1. The van der Waals surface area contributed by atoms with Gasteiger partial charge < -0.3 is 10.8 Å². The van der Waals surface area contributed by atoms with Crippen LogP contribution in [0.4, 0.5) is 0 Å². The van der Waals surface area contributed by atoms with E-state index in [9.17, 15) is 9.59 Å². The minimum atomic E-state index is -1.60. The maximum absolute atomic E-state index is 9.32. The van der Waals surface area contributed by atoms with Crippen LogP contribution in [0.25, 0.3) is 11.3 Å². The number of carbonyl (C=O) groups is 2. The Bertz CT molecular complexity index is 471. The highest BCUT2D eigenvalue weighted by molar-refractivity contribution is 7.07. The second-order valence-corrected chi connectivity index (χ2v) is 3.63. The fraction of sp³-hybridized carbons (Fsp3) is 0. The first kappa shape index (κ1) is 12.9. The smallest absolute Gasteiger partial charge is 0.394 e. The van der Waals surface area contributed by atoms with E-state index in [1.165, 1.54) is 5.56 Å². The second kappa shape index (κ2) is 6.39. The molecule has 0 aliphatic carbocycles. The Labute approximate surface area is 102 Å². The fourth-order valence-electron chi connectivity index (χ4n) is 0.964. The molecule has 1 heterocycles. The second-order valence-electron chi connectivity index (χ2n) is 2.91. The fourth-order valence-corrected chi connectivity index (χ4v) is 1.53. The van der Waals surface area contributed by atoms with E-state index in [1.807, 2.05) is 23.7 Å². The van der Waals surface area contributed by atoms with Gasteiger partial charge >= 0.3 is 11.9 Å². The average Bonchev–Trinajstić information content (AvgIpc) is 2.84. The predicted octanol–water partition coefficient (Wildman–Crippen LogP) is 1.37. The van der Waals surface area contributed by atoms with Crippen molar-refractivity contribution in [2.75, 3.05) is 0 Å². The van der Waals surface area contributed by atoms with E-state index in [4.69, 9.17) is 5.11 Å². The SMILES string of the molecule is NC(=O)C(=O)O.c1ccc(-c2cscn2)cc1. The van der Waals surface area contributed by atoms with Gasteiger partial charge in [-0.25, -0.2) is 9.78 Å². The Morgan fingerprint density at radius 1 is 1.24 bits per heavy atom. The zero-order valence-corrected chi connectivity index (χ0v) is 9.55.